The third-order valence-electron chi connectivity index (χ3n) is 1.55. The molecule has 1 aromatic carbocycles. The van der Waals surface area contributed by atoms with Crippen LogP contribution >= 0.6 is 0 Å². The lowest BCUT2D eigenvalue weighted by molar-refractivity contribution is -0.390. The van der Waals surface area contributed by atoms with E-state index in [1.807, 2.05) is 0 Å². The number of nitro groups is 1. The lowest BCUT2D eigenvalue weighted by Crippen LogP contribution is -2.04. The highest BCUT2D eigenvalue weighted by atomic mass is 19.1. The molecule has 0 amide bonds. The Bertz CT molecular complexity index is 355. The van der Waals surface area contributed by atoms with Gasteiger partial charge < -0.3 is 5.73 Å². The fourth-order valence-electron chi connectivity index (χ4n) is 0.908. The molecule has 0 atom stereocenters. The number of benzene rings is 1. The molecular weight excluding hydrogens is 182 g/mol. The highest BCUT2D eigenvalue weighted by molar-refractivity contribution is 5.38. The summed E-state index contributed by atoms with van der Waals surface area (Å²) < 4.78 is 25.7. The maximum atomic E-state index is 13.0. The smallest absolute Gasteiger partial charge is 0.326 e. The normalized spacial score (nSPS) is 10.1. The number of hydrogen-bond acceptors (Lipinski definition) is 3. The van der Waals surface area contributed by atoms with Crippen molar-refractivity contribution in [3.8, 4) is 0 Å². The maximum absolute atomic E-state index is 13.0. The molecule has 70 valence electrons. The molecule has 1 aromatic rings. The monoisotopic (exact) mass is 188 g/mol. The molecule has 1 rings (SSSR count). The molecule has 0 aliphatic rings. The molecule has 0 fully saturated rings. The number of hydrogen-bond donors (Lipinski definition) is 1. The van der Waals surface area contributed by atoms with Crippen LogP contribution in [0, 0.1) is 21.7 Å². The fourth-order valence-corrected chi connectivity index (χ4v) is 0.908. The quantitative estimate of drug-likeness (QED) is 0.562. The van der Waals surface area contributed by atoms with Crippen molar-refractivity contribution in [2.75, 3.05) is 0 Å². The Labute approximate surface area is 72.1 Å². The van der Waals surface area contributed by atoms with Gasteiger partial charge in [-0.15, -0.1) is 0 Å². The summed E-state index contributed by atoms with van der Waals surface area (Å²) in [4.78, 5) is 9.09. The Hall–Kier alpha value is -1.56. The van der Waals surface area contributed by atoms with E-state index in [0.717, 1.165) is 12.1 Å². The Morgan fingerprint density at radius 2 is 2.08 bits per heavy atom. The summed E-state index contributed by atoms with van der Waals surface area (Å²) in [6.07, 6.45) is 0. The van der Waals surface area contributed by atoms with E-state index in [1.54, 1.807) is 0 Å². The first kappa shape index (κ1) is 9.53. The van der Waals surface area contributed by atoms with Gasteiger partial charge in [0.1, 0.15) is 0 Å². The second-order valence-corrected chi connectivity index (χ2v) is 2.33. The van der Waals surface area contributed by atoms with E-state index < -0.39 is 22.2 Å². The van der Waals surface area contributed by atoms with Gasteiger partial charge in [-0.2, -0.15) is 8.78 Å². The van der Waals surface area contributed by atoms with Gasteiger partial charge in [-0.3, -0.25) is 10.1 Å². The number of halogens is 2. The first-order chi connectivity index (χ1) is 6.07. The summed E-state index contributed by atoms with van der Waals surface area (Å²) in [7, 11) is 0. The number of nitro benzene ring substituents is 1. The maximum Gasteiger partial charge on any atom is 0.340 e. The summed E-state index contributed by atoms with van der Waals surface area (Å²) in [5.74, 6) is -2.40. The minimum atomic E-state index is -1.20. The molecular formula is C7H6F2N2O2. The van der Waals surface area contributed by atoms with Crippen molar-refractivity contribution in [3.05, 3.63) is 39.4 Å². The molecule has 0 aliphatic heterocycles. The van der Waals surface area contributed by atoms with Gasteiger partial charge in [0.05, 0.1) is 4.92 Å². The van der Waals surface area contributed by atoms with Crippen LogP contribution in [0.1, 0.15) is 5.56 Å². The van der Waals surface area contributed by atoms with Crippen LogP contribution in [0.15, 0.2) is 12.1 Å². The Morgan fingerprint density at radius 1 is 1.46 bits per heavy atom. The minimum Gasteiger partial charge on any atom is -0.326 e. The van der Waals surface area contributed by atoms with E-state index in [0.29, 0.717) is 0 Å². The second-order valence-electron chi connectivity index (χ2n) is 2.33. The Morgan fingerprint density at radius 3 is 2.54 bits per heavy atom. The highest BCUT2D eigenvalue weighted by Gasteiger charge is 2.22. The van der Waals surface area contributed by atoms with Gasteiger partial charge in [0.15, 0.2) is 0 Å². The molecule has 0 aliphatic carbocycles. The number of nitrogens with two attached hydrogens (primary N) is 1. The van der Waals surface area contributed by atoms with Crippen molar-refractivity contribution >= 4 is 5.69 Å². The lowest BCUT2D eigenvalue weighted by atomic mass is 10.2. The molecule has 2 N–H and O–H groups in total. The standard InChI is InChI=1S/C7H6F2N2O2/c8-5-2-1-4(3-10)6(9)7(5)11(12)13/h1-2H,3,10H2. The van der Waals surface area contributed by atoms with Gasteiger partial charge >= 0.3 is 5.69 Å². The summed E-state index contributed by atoms with van der Waals surface area (Å²) in [5.41, 5.74) is 3.86. The van der Waals surface area contributed by atoms with E-state index in [9.17, 15) is 18.9 Å². The lowest BCUT2D eigenvalue weighted by Gasteiger charge is -2.00. The Balaban J connectivity index is 3.38. The summed E-state index contributed by atoms with van der Waals surface area (Å²) in [6, 6.07) is 1.90. The van der Waals surface area contributed by atoms with Gasteiger partial charge in [-0.05, 0) is 6.07 Å². The van der Waals surface area contributed by atoms with Crippen molar-refractivity contribution in [2.24, 2.45) is 5.73 Å². The molecule has 13 heavy (non-hydrogen) atoms. The summed E-state index contributed by atoms with van der Waals surface area (Å²) in [5, 5.41) is 10.2. The first-order valence-electron chi connectivity index (χ1n) is 3.39. The van der Waals surface area contributed by atoms with Crippen molar-refractivity contribution in [2.45, 2.75) is 6.54 Å². The molecule has 0 saturated heterocycles. The van der Waals surface area contributed by atoms with Gasteiger partial charge in [-0.1, -0.05) is 6.07 Å². The van der Waals surface area contributed by atoms with Crippen LogP contribution < -0.4 is 5.73 Å². The molecule has 4 nitrogen and oxygen atoms in total. The number of nitrogens with zero attached hydrogens (tertiary/aromatic N) is 1. The zero-order valence-corrected chi connectivity index (χ0v) is 6.46. The molecule has 6 heteroatoms. The highest BCUT2D eigenvalue weighted by Crippen LogP contribution is 2.23. The molecule has 0 heterocycles. The average Bonchev–Trinajstić information content (AvgIpc) is 2.04. The molecule has 0 radical (unpaired) electrons. The molecule has 0 unspecified atom stereocenters. The van der Waals surface area contributed by atoms with Crippen molar-refractivity contribution in [3.63, 3.8) is 0 Å². The van der Waals surface area contributed by atoms with E-state index in [-0.39, 0.29) is 12.1 Å². The van der Waals surface area contributed by atoms with Crippen LogP contribution in [0.2, 0.25) is 0 Å². The second kappa shape index (κ2) is 3.44. The zero-order valence-electron chi connectivity index (χ0n) is 6.46. The van der Waals surface area contributed by atoms with Crippen LogP contribution in [0.4, 0.5) is 14.5 Å². The third kappa shape index (κ3) is 1.62. The number of rotatable bonds is 2. The molecule has 0 spiro atoms. The first-order valence-corrected chi connectivity index (χ1v) is 3.39. The van der Waals surface area contributed by atoms with Gasteiger partial charge in [0, 0.05) is 12.1 Å². The third-order valence-corrected chi connectivity index (χ3v) is 1.55. The predicted octanol–water partition coefficient (Wildman–Crippen LogP) is 1.33. The van der Waals surface area contributed by atoms with Crippen molar-refractivity contribution in [1.29, 1.82) is 0 Å². The molecule has 0 saturated carbocycles. The Kier molecular flexibility index (Phi) is 2.52. The summed E-state index contributed by atoms with van der Waals surface area (Å²) in [6.45, 7) is -0.201. The average molecular weight is 188 g/mol. The van der Waals surface area contributed by atoms with Crippen molar-refractivity contribution < 1.29 is 13.7 Å². The zero-order chi connectivity index (χ0) is 10.0. The van der Waals surface area contributed by atoms with Crippen LogP contribution in [0.25, 0.3) is 0 Å². The van der Waals surface area contributed by atoms with E-state index in [4.69, 9.17) is 5.73 Å². The van der Waals surface area contributed by atoms with Crippen LogP contribution in [0.5, 0.6) is 0 Å². The summed E-state index contributed by atoms with van der Waals surface area (Å²) >= 11 is 0. The van der Waals surface area contributed by atoms with E-state index >= 15 is 0 Å². The van der Waals surface area contributed by atoms with Crippen LogP contribution in [-0.2, 0) is 6.54 Å². The van der Waals surface area contributed by atoms with Crippen LogP contribution in [0.3, 0.4) is 0 Å². The topological polar surface area (TPSA) is 69.2 Å². The van der Waals surface area contributed by atoms with E-state index in [2.05, 4.69) is 0 Å². The van der Waals surface area contributed by atoms with Crippen LogP contribution in [-0.4, -0.2) is 4.92 Å². The minimum absolute atomic E-state index is 0.0758. The predicted molar refractivity (Wildman–Crippen MR) is 40.9 cm³/mol. The van der Waals surface area contributed by atoms with Gasteiger partial charge in [-0.25, -0.2) is 0 Å². The van der Waals surface area contributed by atoms with E-state index in [1.165, 1.54) is 0 Å². The fraction of sp³-hybridized carbons (Fsp3) is 0.143. The van der Waals surface area contributed by atoms with Crippen molar-refractivity contribution in [1.82, 2.24) is 0 Å². The largest absolute Gasteiger partial charge is 0.340 e. The van der Waals surface area contributed by atoms with Gasteiger partial charge in [0.2, 0.25) is 11.6 Å². The molecule has 0 bridgehead atoms. The van der Waals surface area contributed by atoms with Gasteiger partial charge in [0.25, 0.3) is 0 Å². The molecule has 0 aromatic heterocycles. The SMILES string of the molecule is NCc1ccc(F)c([N+](=O)[O-])c1F.